The van der Waals surface area contributed by atoms with Crippen LogP contribution in [0.15, 0.2) is 18.2 Å². The van der Waals surface area contributed by atoms with E-state index in [0.717, 1.165) is 6.07 Å². The van der Waals surface area contributed by atoms with Crippen molar-refractivity contribution >= 4 is 12.6 Å². The van der Waals surface area contributed by atoms with Gasteiger partial charge in [-0.1, -0.05) is 12.1 Å². The summed E-state index contributed by atoms with van der Waals surface area (Å²) >= 11 is 0. The number of halogens is 3. The number of rotatable bonds is 2. The van der Waals surface area contributed by atoms with E-state index in [9.17, 15) is 13.2 Å². The van der Waals surface area contributed by atoms with E-state index in [4.69, 9.17) is 10.0 Å². The summed E-state index contributed by atoms with van der Waals surface area (Å²) in [6.45, 7) is 1.40. The molecule has 0 bridgehead atoms. The van der Waals surface area contributed by atoms with E-state index in [1.807, 2.05) is 0 Å². The van der Waals surface area contributed by atoms with Crippen LogP contribution < -0.4 is 10.8 Å². The number of alkyl halides is 3. The van der Waals surface area contributed by atoms with Crippen LogP contribution in [0.5, 0.6) is 0 Å². The van der Waals surface area contributed by atoms with Gasteiger partial charge in [0.05, 0.1) is 5.56 Å². The highest BCUT2D eigenvalue weighted by Crippen LogP contribution is 2.37. The molecule has 2 rings (SSSR count). The molecule has 104 valence electrons. The molecule has 1 aliphatic rings. The van der Waals surface area contributed by atoms with Crippen molar-refractivity contribution in [1.82, 2.24) is 5.32 Å². The monoisotopic (exact) mass is 273 g/mol. The maximum Gasteiger partial charge on any atom is 0.488 e. The number of nitrogens with one attached hydrogen (secondary N) is 1. The number of hydrogen-bond acceptors (Lipinski definition) is 3. The van der Waals surface area contributed by atoms with Crippen molar-refractivity contribution < 1.29 is 23.2 Å². The summed E-state index contributed by atoms with van der Waals surface area (Å²) in [5.74, 6) is -0.136. The molecule has 0 unspecified atom stereocenters. The Balaban J connectivity index is 2.41. The third-order valence-electron chi connectivity index (χ3n) is 3.46. The van der Waals surface area contributed by atoms with Crippen molar-refractivity contribution in [3.63, 3.8) is 0 Å². The summed E-state index contributed by atoms with van der Waals surface area (Å²) in [6, 6.07) is 3.55. The molecule has 0 amide bonds. The van der Waals surface area contributed by atoms with Gasteiger partial charge in [0, 0.05) is 0 Å². The van der Waals surface area contributed by atoms with Crippen molar-refractivity contribution in [2.45, 2.75) is 24.9 Å². The molecule has 0 spiro atoms. The third-order valence-corrected chi connectivity index (χ3v) is 3.46. The lowest BCUT2D eigenvalue weighted by Gasteiger charge is -2.26. The van der Waals surface area contributed by atoms with Crippen molar-refractivity contribution in [2.75, 3.05) is 13.1 Å². The van der Waals surface area contributed by atoms with Crippen molar-refractivity contribution in [2.24, 2.45) is 0 Å². The molecule has 1 fully saturated rings. The first kappa shape index (κ1) is 14.4. The molecule has 0 saturated carbocycles. The van der Waals surface area contributed by atoms with Crippen LogP contribution >= 0.6 is 0 Å². The second kappa shape index (κ2) is 5.52. The summed E-state index contributed by atoms with van der Waals surface area (Å²) in [5.41, 5.74) is -0.645. The minimum absolute atomic E-state index is 0.134. The van der Waals surface area contributed by atoms with E-state index in [-0.39, 0.29) is 16.9 Å². The zero-order valence-electron chi connectivity index (χ0n) is 10.2. The summed E-state index contributed by atoms with van der Waals surface area (Å²) < 4.78 is 39.2. The largest absolute Gasteiger partial charge is 0.488 e. The molecule has 1 aromatic rings. The van der Waals surface area contributed by atoms with Gasteiger partial charge in [-0.05, 0) is 48.9 Å². The van der Waals surface area contributed by atoms with Crippen LogP contribution in [0.2, 0.25) is 0 Å². The van der Waals surface area contributed by atoms with E-state index < -0.39 is 18.9 Å². The fraction of sp³-hybridized carbons (Fsp3) is 0.500. The molecule has 3 nitrogen and oxygen atoms in total. The van der Waals surface area contributed by atoms with Gasteiger partial charge in [-0.2, -0.15) is 13.2 Å². The van der Waals surface area contributed by atoms with Gasteiger partial charge >= 0.3 is 13.3 Å². The van der Waals surface area contributed by atoms with E-state index in [0.29, 0.717) is 25.9 Å². The molecule has 7 heteroatoms. The van der Waals surface area contributed by atoms with Crippen LogP contribution in [0, 0.1) is 0 Å². The standard InChI is InChI=1S/C12H15BF3NO2/c14-12(15,16)11-7-9(13(18)19)1-2-10(11)8-3-5-17-6-4-8/h1-2,7-8,17-19H,3-6H2. The molecule has 1 saturated heterocycles. The predicted octanol–water partition coefficient (Wildman–Crippen LogP) is 0.852. The smallest absolute Gasteiger partial charge is 0.423 e. The topological polar surface area (TPSA) is 52.5 Å². The zero-order valence-corrected chi connectivity index (χ0v) is 10.2. The first-order valence-electron chi connectivity index (χ1n) is 6.17. The molecular weight excluding hydrogens is 258 g/mol. The molecule has 3 N–H and O–H groups in total. The highest BCUT2D eigenvalue weighted by molar-refractivity contribution is 6.58. The second-order valence-electron chi connectivity index (χ2n) is 4.74. The van der Waals surface area contributed by atoms with Crippen LogP contribution in [-0.2, 0) is 6.18 Å². The van der Waals surface area contributed by atoms with E-state index in [1.54, 1.807) is 0 Å². The van der Waals surface area contributed by atoms with Gasteiger partial charge in [0.1, 0.15) is 0 Å². The Labute approximate surface area is 109 Å². The molecular formula is C12H15BF3NO2. The highest BCUT2D eigenvalue weighted by Gasteiger charge is 2.36. The molecule has 1 heterocycles. The zero-order chi connectivity index (χ0) is 14.0. The number of hydrogen-bond donors (Lipinski definition) is 3. The summed E-state index contributed by atoms with van der Waals surface area (Å²) in [7, 11) is -1.89. The Kier molecular flexibility index (Phi) is 4.18. The van der Waals surface area contributed by atoms with Crippen LogP contribution in [-0.4, -0.2) is 30.3 Å². The summed E-state index contributed by atoms with van der Waals surface area (Å²) in [4.78, 5) is 0. The lowest BCUT2D eigenvalue weighted by molar-refractivity contribution is -0.138. The van der Waals surface area contributed by atoms with Gasteiger partial charge in [0.2, 0.25) is 0 Å². The van der Waals surface area contributed by atoms with E-state index in [2.05, 4.69) is 5.32 Å². The first-order chi connectivity index (χ1) is 8.89. The molecule has 0 atom stereocenters. The first-order valence-corrected chi connectivity index (χ1v) is 6.17. The van der Waals surface area contributed by atoms with Crippen molar-refractivity contribution in [3.8, 4) is 0 Å². The maximum absolute atomic E-state index is 13.1. The Bertz CT molecular complexity index is 445. The Morgan fingerprint density at radius 1 is 1.16 bits per heavy atom. The SMILES string of the molecule is OB(O)c1ccc(C2CCNCC2)c(C(F)(F)F)c1. The predicted molar refractivity (Wildman–Crippen MR) is 66.1 cm³/mol. The fourth-order valence-corrected chi connectivity index (χ4v) is 2.47. The van der Waals surface area contributed by atoms with Crippen LogP contribution in [0.4, 0.5) is 13.2 Å². The minimum Gasteiger partial charge on any atom is -0.423 e. The van der Waals surface area contributed by atoms with Gasteiger partial charge in [-0.25, -0.2) is 0 Å². The molecule has 1 aromatic carbocycles. The van der Waals surface area contributed by atoms with Gasteiger partial charge in [-0.3, -0.25) is 0 Å². The van der Waals surface area contributed by atoms with Gasteiger partial charge in [0.25, 0.3) is 0 Å². The molecule has 1 aliphatic heterocycles. The average molecular weight is 273 g/mol. The van der Waals surface area contributed by atoms with Gasteiger partial charge < -0.3 is 15.4 Å². The van der Waals surface area contributed by atoms with Crippen LogP contribution in [0.1, 0.15) is 29.9 Å². The van der Waals surface area contributed by atoms with Crippen molar-refractivity contribution in [1.29, 1.82) is 0 Å². The fourth-order valence-electron chi connectivity index (χ4n) is 2.47. The van der Waals surface area contributed by atoms with E-state index in [1.165, 1.54) is 12.1 Å². The summed E-state index contributed by atoms with van der Waals surface area (Å²) in [5, 5.41) is 21.1. The Morgan fingerprint density at radius 2 is 1.79 bits per heavy atom. The number of benzene rings is 1. The highest BCUT2D eigenvalue weighted by atomic mass is 19.4. The molecule has 0 radical (unpaired) electrons. The maximum atomic E-state index is 13.1. The Hall–Kier alpha value is -1.05. The van der Waals surface area contributed by atoms with Crippen LogP contribution in [0.3, 0.4) is 0 Å². The molecule has 0 aromatic heterocycles. The van der Waals surface area contributed by atoms with Crippen molar-refractivity contribution in [3.05, 3.63) is 29.3 Å². The lowest BCUT2D eigenvalue weighted by Crippen LogP contribution is -2.32. The van der Waals surface area contributed by atoms with E-state index >= 15 is 0 Å². The quantitative estimate of drug-likeness (QED) is 0.700. The third kappa shape index (κ3) is 3.29. The van der Waals surface area contributed by atoms with Gasteiger partial charge in [-0.15, -0.1) is 0 Å². The van der Waals surface area contributed by atoms with Gasteiger partial charge in [0.15, 0.2) is 0 Å². The normalized spacial score (nSPS) is 17.5. The lowest BCUT2D eigenvalue weighted by atomic mass is 9.76. The average Bonchev–Trinajstić information content (AvgIpc) is 2.38. The molecule has 0 aliphatic carbocycles. The Morgan fingerprint density at radius 3 is 2.32 bits per heavy atom. The minimum atomic E-state index is -4.48. The number of piperidine rings is 1. The molecule has 19 heavy (non-hydrogen) atoms. The second-order valence-corrected chi connectivity index (χ2v) is 4.74. The summed E-state index contributed by atoms with van der Waals surface area (Å²) in [6.07, 6.45) is -3.17. The van der Waals surface area contributed by atoms with Crippen LogP contribution in [0.25, 0.3) is 0 Å².